The monoisotopic (exact) mass is 556 g/mol. The van der Waals surface area contributed by atoms with E-state index in [0.717, 1.165) is 45.0 Å². The van der Waals surface area contributed by atoms with Crippen molar-refractivity contribution in [2.24, 2.45) is 9.98 Å². The van der Waals surface area contributed by atoms with Crippen molar-refractivity contribution in [2.75, 3.05) is 9.80 Å². The van der Waals surface area contributed by atoms with E-state index in [1.54, 1.807) is 0 Å². The topological polar surface area (TPSA) is 66.2 Å². The molecule has 0 N–H and O–H groups in total. The second-order valence-electron chi connectivity index (χ2n) is 10.1. The Morgan fingerprint density at radius 3 is 1.30 bits per heavy atom. The summed E-state index contributed by atoms with van der Waals surface area (Å²) in [6.45, 7) is 0. The van der Waals surface area contributed by atoms with E-state index in [0.29, 0.717) is 23.4 Å². The molecule has 8 rings (SSSR count). The number of hydrogen-bond donors (Lipinski definition) is 0. The highest BCUT2D eigenvalue weighted by atomic mass is 16.5. The molecule has 0 saturated carbocycles. The van der Waals surface area contributed by atoms with Crippen LogP contribution in [0.3, 0.4) is 0 Å². The van der Waals surface area contributed by atoms with Crippen molar-refractivity contribution in [1.29, 1.82) is 0 Å². The van der Waals surface area contributed by atoms with Gasteiger partial charge in [0.15, 0.2) is 0 Å². The fourth-order valence-corrected chi connectivity index (χ4v) is 5.48. The van der Waals surface area contributed by atoms with Crippen LogP contribution < -0.4 is 14.5 Å². The molecular weight excluding hydrogens is 532 g/mol. The van der Waals surface area contributed by atoms with Crippen molar-refractivity contribution < 1.29 is 4.74 Å². The molecule has 0 fully saturated rings. The molecule has 43 heavy (non-hydrogen) atoms. The quantitative estimate of drug-likeness (QED) is 0.217. The Kier molecular flexibility index (Phi) is 5.97. The van der Waals surface area contributed by atoms with Gasteiger partial charge in [-0.05, 0) is 36.4 Å². The Morgan fingerprint density at radius 2 is 0.814 bits per heavy atom. The van der Waals surface area contributed by atoms with Gasteiger partial charge in [-0.25, -0.2) is 9.98 Å². The molecule has 7 heteroatoms. The molecule has 0 aliphatic carbocycles. The van der Waals surface area contributed by atoms with Gasteiger partial charge in [0.05, 0.1) is 22.7 Å². The fraction of sp³-hybridized carbons (Fsp3) is 0. The van der Waals surface area contributed by atoms with E-state index >= 15 is 0 Å². The first-order valence-electron chi connectivity index (χ1n) is 14.0. The summed E-state index contributed by atoms with van der Waals surface area (Å²) < 4.78 is 6.24. The van der Waals surface area contributed by atoms with E-state index in [2.05, 4.69) is 36.4 Å². The minimum absolute atomic E-state index is 0.423. The number of anilines is 4. The maximum absolute atomic E-state index is 6.24. The average molecular weight is 557 g/mol. The van der Waals surface area contributed by atoms with Gasteiger partial charge in [0.2, 0.25) is 11.8 Å². The summed E-state index contributed by atoms with van der Waals surface area (Å²) in [5.41, 5.74) is 8.11. The number of rotatable bonds is 4. The number of para-hydroxylation sites is 4. The Bertz CT molecular complexity index is 1910. The molecule has 0 amide bonds. The van der Waals surface area contributed by atoms with E-state index in [4.69, 9.17) is 24.7 Å². The third-order valence-electron chi connectivity index (χ3n) is 7.46. The Morgan fingerprint density at radius 1 is 0.395 bits per heavy atom. The lowest BCUT2D eigenvalue weighted by Crippen LogP contribution is -2.16. The van der Waals surface area contributed by atoms with Gasteiger partial charge < -0.3 is 4.74 Å². The molecule has 0 atom stereocenters. The molecule has 7 nitrogen and oxygen atoms in total. The molecule has 2 aromatic heterocycles. The smallest absolute Gasteiger partial charge is 0.223 e. The summed E-state index contributed by atoms with van der Waals surface area (Å²) in [5.74, 6) is 2.22. The van der Waals surface area contributed by atoms with Gasteiger partial charge >= 0.3 is 0 Å². The number of ether oxygens (including phenoxy) is 1. The molecular formula is C36H24N6O. The summed E-state index contributed by atoms with van der Waals surface area (Å²) in [6.07, 6.45) is 3.62. The predicted octanol–water partition coefficient (Wildman–Crippen LogP) is 9.23. The maximum atomic E-state index is 6.24. The first-order chi connectivity index (χ1) is 21.3. The summed E-state index contributed by atoms with van der Waals surface area (Å²) >= 11 is 0. The largest absolute Gasteiger partial charge is 0.421 e. The summed E-state index contributed by atoms with van der Waals surface area (Å²) in [4.78, 5) is 23.2. The third-order valence-corrected chi connectivity index (χ3v) is 7.46. The predicted molar refractivity (Wildman–Crippen MR) is 173 cm³/mol. The summed E-state index contributed by atoms with van der Waals surface area (Å²) in [5, 5.41) is 0. The van der Waals surface area contributed by atoms with E-state index in [-0.39, 0.29) is 0 Å². The zero-order valence-corrected chi connectivity index (χ0v) is 22.9. The number of fused-ring (bicyclic) bond motifs is 6. The van der Waals surface area contributed by atoms with Gasteiger partial charge in [-0.1, -0.05) is 84.9 Å². The number of aliphatic imine (C=N–C) groups is 2. The van der Waals surface area contributed by atoms with Crippen LogP contribution in [0.15, 0.2) is 143 Å². The van der Waals surface area contributed by atoms with Gasteiger partial charge in [-0.3, -0.25) is 9.80 Å². The number of aromatic nitrogens is 2. The minimum Gasteiger partial charge on any atom is -0.421 e. The Labute approximate surface area is 248 Å². The van der Waals surface area contributed by atoms with E-state index in [1.165, 1.54) is 0 Å². The molecule has 2 aliphatic heterocycles. The van der Waals surface area contributed by atoms with Crippen LogP contribution >= 0.6 is 0 Å². The van der Waals surface area contributed by atoms with Crippen LogP contribution in [0.5, 0.6) is 11.8 Å². The van der Waals surface area contributed by atoms with Crippen LogP contribution in [0.2, 0.25) is 0 Å². The number of nitrogens with zero attached hydrogens (tertiary/aromatic N) is 6. The molecule has 0 radical (unpaired) electrons. The molecule has 0 unspecified atom stereocenters. The molecule has 0 spiro atoms. The van der Waals surface area contributed by atoms with Crippen molar-refractivity contribution in [3.63, 3.8) is 0 Å². The van der Waals surface area contributed by atoms with Crippen LogP contribution in [0.4, 0.5) is 34.4 Å². The number of pyridine rings is 2. The molecule has 2 aliphatic rings. The molecule has 204 valence electrons. The van der Waals surface area contributed by atoms with Crippen molar-refractivity contribution in [3.8, 4) is 34.0 Å². The summed E-state index contributed by atoms with van der Waals surface area (Å²) in [7, 11) is 0. The lowest BCUT2D eigenvalue weighted by molar-refractivity contribution is 0.446. The van der Waals surface area contributed by atoms with Crippen molar-refractivity contribution in [2.45, 2.75) is 0 Å². The normalized spacial score (nSPS) is 12.8. The lowest BCUT2D eigenvalue weighted by Gasteiger charge is -2.21. The van der Waals surface area contributed by atoms with Crippen LogP contribution in [0, 0.1) is 0 Å². The van der Waals surface area contributed by atoms with E-state index < -0.39 is 0 Å². The van der Waals surface area contributed by atoms with Gasteiger partial charge in [-0.15, -0.1) is 0 Å². The fourth-order valence-electron chi connectivity index (χ4n) is 5.48. The lowest BCUT2D eigenvalue weighted by atomic mass is 10.0. The molecule has 6 aromatic rings. The van der Waals surface area contributed by atoms with E-state index in [1.807, 2.05) is 120 Å². The SMILES string of the molecule is C1=Nc2ccccc2-c2ccccc2N1c1cccc(Oc2cccc(N3C=Nc4ccccc4-c4ccccc43)n2)n1. The van der Waals surface area contributed by atoms with Gasteiger partial charge in [0.1, 0.15) is 24.3 Å². The van der Waals surface area contributed by atoms with Crippen molar-refractivity contribution in [1.82, 2.24) is 9.97 Å². The first-order valence-corrected chi connectivity index (χ1v) is 14.0. The highest BCUT2D eigenvalue weighted by molar-refractivity contribution is 6.01. The second-order valence-corrected chi connectivity index (χ2v) is 10.1. The third kappa shape index (κ3) is 4.49. The summed E-state index contributed by atoms with van der Waals surface area (Å²) in [6, 6.07) is 44.1. The molecule has 0 bridgehead atoms. The van der Waals surface area contributed by atoms with Gasteiger partial charge in [0, 0.05) is 34.4 Å². The van der Waals surface area contributed by atoms with Gasteiger partial charge in [0.25, 0.3) is 0 Å². The maximum Gasteiger partial charge on any atom is 0.223 e. The van der Waals surface area contributed by atoms with Crippen LogP contribution in [0.25, 0.3) is 22.3 Å². The van der Waals surface area contributed by atoms with Gasteiger partial charge in [-0.2, -0.15) is 9.97 Å². The zero-order valence-electron chi connectivity index (χ0n) is 22.9. The Hall–Kier alpha value is -6.08. The minimum atomic E-state index is 0.423. The average Bonchev–Trinajstić information content (AvgIpc) is 3.34. The first kappa shape index (κ1) is 24.7. The Balaban J connectivity index is 1.12. The van der Waals surface area contributed by atoms with Crippen LogP contribution in [-0.2, 0) is 0 Å². The van der Waals surface area contributed by atoms with Crippen LogP contribution in [-0.4, -0.2) is 22.6 Å². The number of benzene rings is 4. The van der Waals surface area contributed by atoms with Crippen molar-refractivity contribution in [3.05, 3.63) is 133 Å². The second kappa shape index (κ2) is 10.4. The number of hydrogen-bond acceptors (Lipinski definition) is 7. The van der Waals surface area contributed by atoms with Crippen molar-refractivity contribution >= 4 is 47.1 Å². The van der Waals surface area contributed by atoms with Crippen LogP contribution in [0.1, 0.15) is 0 Å². The van der Waals surface area contributed by atoms with E-state index in [9.17, 15) is 0 Å². The highest BCUT2D eigenvalue weighted by Crippen LogP contribution is 2.42. The molecule has 4 heterocycles. The standard InChI is InChI=1S/C36H24N6O/c1-5-15-29-25(11-1)27-13-3-7-17-31(27)41(23-37-29)33-19-9-21-35(39-33)43-36-22-10-20-34(40-36)42-24-38-30-16-6-2-12-26(30)28-14-4-8-18-32(28)42/h1-24H. The molecule has 0 saturated heterocycles. The zero-order chi connectivity index (χ0) is 28.6. The molecule has 4 aromatic carbocycles. The highest BCUT2D eigenvalue weighted by Gasteiger charge is 2.21.